The lowest BCUT2D eigenvalue weighted by molar-refractivity contribution is 0.668. The zero-order valence-corrected chi connectivity index (χ0v) is 26.5. The van der Waals surface area contributed by atoms with Gasteiger partial charge in [0.05, 0.1) is 11.1 Å². The van der Waals surface area contributed by atoms with Crippen LogP contribution >= 0.6 is 0 Å². The molecule has 0 aliphatic carbocycles. The van der Waals surface area contributed by atoms with Crippen LogP contribution in [0.2, 0.25) is 0 Å². The highest BCUT2D eigenvalue weighted by Gasteiger charge is 2.20. The molecule has 0 spiro atoms. The molecule has 0 saturated carbocycles. The van der Waals surface area contributed by atoms with Gasteiger partial charge in [-0.1, -0.05) is 115 Å². The Balaban J connectivity index is 1.15. The van der Waals surface area contributed by atoms with E-state index < -0.39 is 0 Å². The van der Waals surface area contributed by atoms with Gasteiger partial charge in [-0.25, -0.2) is 0 Å². The van der Waals surface area contributed by atoms with Gasteiger partial charge < -0.3 is 13.7 Å². The number of para-hydroxylation sites is 2. The number of nitrogens with zero attached hydrogens (tertiary/aromatic N) is 1. The number of fused-ring (bicyclic) bond motifs is 7. The first kappa shape index (κ1) is 27.5. The first-order chi connectivity index (χ1) is 24.3. The fourth-order valence-corrected chi connectivity index (χ4v) is 7.37. The molecule has 10 rings (SSSR count). The molecule has 0 amide bonds. The van der Waals surface area contributed by atoms with E-state index in [1.165, 1.54) is 21.9 Å². The molecule has 0 atom stereocenters. The van der Waals surface area contributed by atoms with Gasteiger partial charge in [-0.15, -0.1) is 0 Å². The van der Waals surface area contributed by atoms with Crippen molar-refractivity contribution in [3.8, 4) is 22.3 Å². The van der Waals surface area contributed by atoms with Crippen LogP contribution in [0.5, 0.6) is 0 Å². The summed E-state index contributed by atoms with van der Waals surface area (Å²) in [4.78, 5) is 2.35. The van der Waals surface area contributed by atoms with Crippen LogP contribution in [0.15, 0.2) is 185 Å². The van der Waals surface area contributed by atoms with Crippen molar-refractivity contribution in [3.05, 3.63) is 176 Å². The van der Waals surface area contributed by atoms with Crippen LogP contribution < -0.4 is 4.90 Å². The van der Waals surface area contributed by atoms with E-state index >= 15 is 0 Å². The van der Waals surface area contributed by atoms with Crippen molar-refractivity contribution in [1.29, 1.82) is 0 Å². The molecule has 0 aliphatic rings. The number of furan rings is 2. The monoisotopic (exact) mass is 627 g/mol. The highest BCUT2D eigenvalue weighted by molar-refractivity contribution is 6.13. The van der Waals surface area contributed by atoms with Gasteiger partial charge in [0, 0.05) is 27.5 Å². The first-order valence-electron chi connectivity index (χ1n) is 16.6. The maximum absolute atomic E-state index is 6.36. The Hall–Kier alpha value is -6.58. The molecule has 0 saturated heterocycles. The normalized spacial score (nSPS) is 11.7. The summed E-state index contributed by atoms with van der Waals surface area (Å²) in [6, 6.07) is 62.2. The maximum atomic E-state index is 6.36. The minimum absolute atomic E-state index is 0.865. The summed E-state index contributed by atoms with van der Waals surface area (Å²) in [7, 11) is 0. The van der Waals surface area contributed by atoms with Gasteiger partial charge in [-0.2, -0.15) is 0 Å². The van der Waals surface area contributed by atoms with E-state index in [1.807, 2.05) is 24.3 Å². The second kappa shape index (κ2) is 11.0. The minimum atomic E-state index is 0.865. The van der Waals surface area contributed by atoms with Crippen molar-refractivity contribution in [2.45, 2.75) is 0 Å². The lowest BCUT2D eigenvalue weighted by atomic mass is 9.98. The van der Waals surface area contributed by atoms with Gasteiger partial charge in [-0.3, -0.25) is 0 Å². The number of rotatable bonds is 5. The summed E-state index contributed by atoms with van der Waals surface area (Å²) in [6.45, 7) is 0. The Morgan fingerprint density at radius 2 is 0.959 bits per heavy atom. The Labute approximate surface area is 282 Å². The highest BCUT2D eigenvalue weighted by Crippen LogP contribution is 2.44. The molecule has 0 radical (unpaired) electrons. The molecule has 0 fully saturated rings. The molecule has 0 aliphatic heterocycles. The average Bonchev–Trinajstić information content (AvgIpc) is 3.74. The Morgan fingerprint density at radius 3 is 1.84 bits per heavy atom. The summed E-state index contributed by atoms with van der Waals surface area (Å²) in [5.74, 6) is 0. The number of hydrogen-bond donors (Lipinski definition) is 0. The van der Waals surface area contributed by atoms with Gasteiger partial charge in [0.15, 0.2) is 0 Å². The van der Waals surface area contributed by atoms with Gasteiger partial charge in [0.25, 0.3) is 0 Å². The van der Waals surface area contributed by atoms with Crippen LogP contribution in [-0.2, 0) is 0 Å². The van der Waals surface area contributed by atoms with Crippen molar-refractivity contribution in [2.24, 2.45) is 0 Å². The number of benzene rings is 8. The summed E-state index contributed by atoms with van der Waals surface area (Å²) >= 11 is 0. The molecular weight excluding hydrogens is 599 g/mol. The molecule has 2 heterocycles. The SMILES string of the molecule is c1cc(-c2ccc3oc4ccccc4c3c2)cc(N(c2ccc(-c3cccc4ccccc34)cc2)c2cccc3oc4ccccc4c23)c1. The second-order valence-electron chi connectivity index (χ2n) is 12.5. The second-order valence-corrected chi connectivity index (χ2v) is 12.5. The van der Waals surface area contributed by atoms with Crippen molar-refractivity contribution in [1.82, 2.24) is 0 Å². The van der Waals surface area contributed by atoms with Crippen LogP contribution in [0, 0.1) is 0 Å². The predicted molar refractivity (Wildman–Crippen MR) is 204 cm³/mol. The van der Waals surface area contributed by atoms with Crippen LogP contribution in [-0.4, -0.2) is 0 Å². The van der Waals surface area contributed by atoms with Gasteiger partial charge in [-0.05, 0) is 93.7 Å². The Morgan fingerprint density at radius 1 is 0.347 bits per heavy atom. The molecule has 230 valence electrons. The number of hydrogen-bond acceptors (Lipinski definition) is 3. The maximum Gasteiger partial charge on any atom is 0.137 e. The van der Waals surface area contributed by atoms with E-state index in [1.54, 1.807) is 0 Å². The first-order valence-corrected chi connectivity index (χ1v) is 16.6. The lowest BCUT2D eigenvalue weighted by Gasteiger charge is -2.27. The smallest absolute Gasteiger partial charge is 0.137 e. The molecule has 0 bridgehead atoms. The fraction of sp³-hybridized carbons (Fsp3) is 0. The average molecular weight is 628 g/mol. The quantitative estimate of drug-likeness (QED) is 0.190. The molecular formula is C46H29NO2. The fourth-order valence-electron chi connectivity index (χ4n) is 7.37. The van der Waals surface area contributed by atoms with Crippen molar-refractivity contribution in [2.75, 3.05) is 4.90 Å². The summed E-state index contributed by atoms with van der Waals surface area (Å²) in [5.41, 5.74) is 11.4. The predicted octanol–water partition coefficient (Wildman–Crippen LogP) is 13.4. The summed E-state index contributed by atoms with van der Waals surface area (Å²) in [5, 5.41) is 6.92. The van der Waals surface area contributed by atoms with Crippen molar-refractivity contribution < 1.29 is 8.83 Å². The van der Waals surface area contributed by atoms with E-state index in [4.69, 9.17) is 8.83 Å². The Bertz CT molecular complexity index is 2830. The molecule has 3 heteroatoms. The molecule has 2 aromatic heterocycles. The molecule has 3 nitrogen and oxygen atoms in total. The largest absolute Gasteiger partial charge is 0.456 e. The van der Waals surface area contributed by atoms with Gasteiger partial charge in [0.2, 0.25) is 0 Å². The van der Waals surface area contributed by atoms with Crippen molar-refractivity contribution >= 4 is 71.7 Å². The van der Waals surface area contributed by atoms with E-state index in [-0.39, 0.29) is 0 Å². The van der Waals surface area contributed by atoms with Crippen molar-refractivity contribution in [3.63, 3.8) is 0 Å². The van der Waals surface area contributed by atoms with Gasteiger partial charge in [0.1, 0.15) is 22.3 Å². The van der Waals surface area contributed by atoms with Crippen LogP contribution in [0.3, 0.4) is 0 Å². The molecule has 49 heavy (non-hydrogen) atoms. The third kappa shape index (κ3) is 4.51. The summed E-state index contributed by atoms with van der Waals surface area (Å²) < 4.78 is 12.5. The van der Waals surface area contributed by atoms with Crippen LogP contribution in [0.25, 0.3) is 76.9 Å². The standard InChI is InChI=1S/C46H29NO2/c1-2-14-36-30(10-1)11-8-17-37(36)31-22-25-34(26-23-31)47(41-18-9-21-45-46(41)39-16-4-6-20-43(39)49-45)35-13-7-12-32(28-35)33-24-27-44-40(29-33)38-15-3-5-19-42(38)48-44/h1-29H. The third-order valence-corrected chi connectivity index (χ3v) is 9.66. The highest BCUT2D eigenvalue weighted by atomic mass is 16.3. The van der Waals surface area contributed by atoms with Crippen LogP contribution in [0.1, 0.15) is 0 Å². The van der Waals surface area contributed by atoms with Gasteiger partial charge >= 0.3 is 0 Å². The molecule has 0 unspecified atom stereocenters. The minimum Gasteiger partial charge on any atom is -0.456 e. The summed E-state index contributed by atoms with van der Waals surface area (Å²) in [6.07, 6.45) is 0. The molecule has 8 aromatic carbocycles. The number of anilines is 3. The zero-order chi connectivity index (χ0) is 32.3. The topological polar surface area (TPSA) is 29.5 Å². The van der Waals surface area contributed by atoms with E-state index in [0.29, 0.717) is 0 Å². The lowest BCUT2D eigenvalue weighted by Crippen LogP contribution is -2.10. The van der Waals surface area contributed by atoms with E-state index in [2.05, 4.69) is 157 Å². The Kier molecular flexibility index (Phi) is 6.18. The van der Waals surface area contributed by atoms with E-state index in [9.17, 15) is 0 Å². The molecule has 0 N–H and O–H groups in total. The van der Waals surface area contributed by atoms with Crippen LogP contribution in [0.4, 0.5) is 17.1 Å². The molecule has 10 aromatic rings. The van der Waals surface area contributed by atoms with E-state index in [0.717, 1.165) is 72.1 Å². The zero-order valence-electron chi connectivity index (χ0n) is 26.5. The third-order valence-electron chi connectivity index (χ3n) is 9.66.